The predicted octanol–water partition coefficient (Wildman–Crippen LogP) is 3.38. The zero-order chi connectivity index (χ0) is 16.4. The number of carbonyl (C=O) groups is 1. The van der Waals surface area contributed by atoms with Crippen LogP contribution >= 0.6 is 0 Å². The maximum Gasteiger partial charge on any atom is 0.229 e. The molecule has 1 amide bonds. The van der Waals surface area contributed by atoms with Crippen molar-refractivity contribution in [1.29, 1.82) is 0 Å². The van der Waals surface area contributed by atoms with Gasteiger partial charge in [0.05, 0.1) is 17.5 Å². The number of nitrogens with zero attached hydrogens (tertiary/aromatic N) is 1. The molecule has 2 aliphatic heterocycles. The van der Waals surface area contributed by atoms with Crippen LogP contribution in [0.4, 0.5) is 0 Å². The van der Waals surface area contributed by atoms with E-state index in [1.807, 2.05) is 12.2 Å². The third kappa shape index (κ3) is 2.63. The smallest absolute Gasteiger partial charge is 0.229 e. The number of allylic oxidation sites excluding steroid dienone is 2. The maximum atomic E-state index is 13.1. The van der Waals surface area contributed by atoms with Crippen LogP contribution < -0.4 is 5.32 Å². The van der Waals surface area contributed by atoms with Gasteiger partial charge in [0.15, 0.2) is 0 Å². The molecule has 2 atom stereocenters. The second-order valence-corrected chi connectivity index (χ2v) is 6.82. The number of amides is 1. The minimum absolute atomic E-state index is 0.213. The molecule has 1 aromatic rings. The van der Waals surface area contributed by atoms with E-state index in [2.05, 4.69) is 54.6 Å². The highest BCUT2D eigenvalue weighted by molar-refractivity contribution is 5.86. The van der Waals surface area contributed by atoms with Gasteiger partial charge in [-0.05, 0) is 37.3 Å². The molecule has 1 N–H and O–H groups in total. The van der Waals surface area contributed by atoms with E-state index in [1.165, 1.54) is 11.1 Å². The van der Waals surface area contributed by atoms with Crippen molar-refractivity contribution in [1.82, 2.24) is 10.2 Å². The zero-order valence-electron chi connectivity index (χ0n) is 13.9. The Morgan fingerprint density at radius 2 is 2.00 bits per heavy atom. The minimum atomic E-state index is -0.346. The molecule has 2 heterocycles. The van der Waals surface area contributed by atoms with E-state index in [0.29, 0.717) is 0 Å². The molecule has 0 radical (unpaired) electrons. The van der Waals surface area contributed by atoms with E-state index >= 15 is 0 Å². The summed E-state index contributed by atoms with van der Waals surface area (Å²) in [6.45, 7) is 11.5. The average molecular weight is 310 g/mol. The highest BCUT2D eigenvalue weighted by atomic mass is 16.2. The van der Waals surface area contributed by atoms with Gasteiger partial charge in [0.2, 0.25) is 5.91 Å². The van der Waals surface area contributed by atoms with Crippen LogP contribution in [0, 0.1) is 12.3 Å². The molecule has 3 rings (SSSR count). The first-order chi connectivity index (χ1) is 11.1. The lowest BCUT2D eigenvalue weighted by Crippen LogP contribution is -2.51. The van der Waals surface area contributed by atoms with Gasteiger partial charge in [0.1, 0.15) is 0 Å². The van der Waals surface area contributed by atoms with E-state index in [9.17, 15) is 4.79 Å². The number of benzene rings is 1. The predicted molar refractivity (Wildman–Crippen MR) is 94.1 cm³/mol. The van der Waals surface area contributed by atoms with E-state index < -0.39 is 0 Å². The molecular formula is C20H26N2O. The number of rotatable bonds is 5. The Bertz CT molecular complexity index is 612. The van der Waals surface area contributed by atoms with Crippen LogP contribution in [0.2, 0.25) is 0 Å². The summed E-state index contributed by atoms with van der Waals surface area (Å²) >= 11 is 0. The van der Waals surface area contributed by atoms with Crippen LogP contribution in [0.5, 0.6) is 0 Å². The van der Waals surface area contributed by atoms with Gasteiger partial charge >= 0.3 is 0 Å². The Labute approximate surface area is 139 Å². The second kappa shape index (κ2) is 6.32. The fraction of sp³-hybridized carbons (Fsp3) is 0.450. The average Bonchev–Trinajstić information content (AvgIpc) is 2.82. The molecular weight excluding hydrogens is 284 g/mol. The summed E-state index contributed by atoms with van der Waals surface area (Å²) in [4.78, 5) is 15.2. The van der Waals surface area contributed by atoms with Gasteiger partial charge in [-0.3, -0.25) is 4.79 Å². The van der Waals surface area contributed by atoms with Crippen LogP contribution in [0.1, 0.15) is 36.4 Å². The Balaban J connectivity index is 1.96. The normalized spacial score (nSPS) is 26.0. The zero-order valence-corrected chi connectivity index (χ0v) is 13.9. The topological polar surface area (TPSA) is 32.3 Å². The van der Waals surface area contributed by atoms with E-state index in [1.54, 1.807) is 0 Å². The highest BCUT2D eigenvalue weighted by Crippen LogP contribution is 2.47. The van der Waals surface area contributed by atoms with Gasteiger partial charge in [-0.2, -0.15) is 0 Å². The van der Waals surface area contributed by atoms with Crippen LogP contribution in [0.15, 0.2) is 49.6 Å². The monoisotopic (exact) mass is 310 g/mol. The molecule has 122 valence electrons. The number of hydrogen-bond donors (Lipinski definition) is 1. The van der Waals surface area contributed by atoms with Gasteiger partial charge < -0.3 is 10.2 Å². The third-order valence-corrected chi connectivity index (χ3v) is 5.41. The third-order valence-electron chi connectivity index (χ3n) is 5.41. The van der Waals surface area contributed by atoms with Crippen molar-refractivity contribution in [2.24, 2.45) is 5.41 Å². The molecule has 3 heteroatoms. The summed E-state index contributed by atoms with van der Waals surface area (Å²) in [5.41, 5.74) is 2.24. The molecule has 2 aliphatic rings. The Morgan fingerprint density at radius 3 is 2.65 bits per heavy atom. The summed E-state index contributed by atoms with van der Waals surface area (Å²) in [5, 5.41) is 3.64. The minimum Gasteiger partial charge on any atom is -0.336 e. The number of fused-ring (bicyclic) bond motifs is 1. The summed E-state index contributed by atoms with van der Waals surface area (Å²) in [6, 6.07) is 8.91. The van der Waals surface area contributed by atoms with Gasteiger partial charge in [-0.15, -0.1) is 13.2 Å². The molecule has 0 unspecified atom stereocenters. The molecule has 0 saturated carbocycles. The lowest BCUT2D eigenvalue weighted by atomic mass is 9.77. The number of aryl methyl sites for hydroxylation is 1. The van der Waals surface area contributed by atoms with E-state index in [-0.39, 0.29) is 23.4 Å². The number of nitrogens with one attached hydrogen (secondary N) is 1. The molecule has 0 bridgehead atoms. The molecule has 2 fully saturated rings. The van der Waals surface area contributed by atoms with Gasteiger partial charge in [0.25, 0.3) is 0 Å². The van der Waals surface area contributed by atoms with Gasteiger partial charge in [-0.1, -0.05) is 36.4 Å². The van der Waals surface area contributed by atoms with Crippen molar-refractivity contribution in [2.75, 3.05) is 13.1 Å². The summed E-state index contributed by atoms with van der Waals surface area (Å²) < 4.78 is 0. The quantitative estimate of drug-likeness (QED) is 0.846. The van der Waals surface area contributed by atoms with Crippen LogP contribution in [-0.2, 0) is 4.79 Å². The van der Waals surface area contributed by atoms with Crippen LogP contribution in [0.25, 0.3) is 0 Å². The first-order valence-electron chi connectivity index (χ1n) is 8.45. The standard InChI is InChI=1S/C20H26N2O/c1-4-10-20(11-5-2)14-17-18(16-9-7-6-8-15(16)3)21-12-13-22(17)19(20)23/h4-9,17-18,21H,1-2,10-14H2,3H3/t17-,18-/m0/s1. The first-order valence-corrected chi connectivity index (χ1v) is 8.45. The summed E-state index contributed by atoms with van der Waals surface area (Å²) in [7, 11) is 0. The fourth-order valence-electron chi connectivity index (χ4n) is 4.32. The molecule has 3 nitrogen and oxygen atoms in total. The lowest BCUT2D eigenvalue weighted by molar-refractivity contribution is -0.137. The largest absolute Gasteiger partial charge is 0.336 e. The van der Waals surface area contributed by atoms with E-state index in [4.69, 9.17) is 0 Å². The number of carbonyl (C=O) groups excluding carboxylic acids is 1. The van der Waals surface area contributed by atoms with Crippen molar-refractivity contribution in [2.45, 2.75) is 38.3 Å². The SMILES string of the molecule is C=CCC1(CC=C)C[C@H]2[C@H](c3ccccc3C)NCCN2C1=O. The molecule has 0 spiro atoms. The van der Waals surface area contributed by atoms with Crippen molar-refractivity contribution in [3.8, 4) is 0 Å². The second-order valence-electron chi connectivity index (χ2n) is 6.82. The van der Waals surface area contributed by atoms with Crippen molar-refractivity contribution >= 4 is 5.91 Å². The van der Waals surface area contributed by atoms with Crippen LogP contribution in [0.3, 0.4) is 0 Å². The van der Waals surface area contributed by atoms with Crippen molar-refractivity contribution in [3.63, 3.8) is 0 Å². The molecule has 23 heavy (non-hydrogen) atoms. The molecule has 1 aromatic carbocycles. The Hall–Kier alpha value is -1.87. The molecule has 2 saturated heterocycles. The summed E-state index contributed by atoms with van der Waals surface area (Å²) in [5.74, 6) is 0.280. The number of piperazine rings is 1. The van der Waals surface area contributed by atoms with Gasteiger partial charge in [-0.25, -0.2) is 0 Å². The highest BCUT2D eigenvalue weighted by Gasteiger charge is 2.53. The fourth-order valence-corrected chi connectivity index (χ4v) is 4.32. The maximum absolute atomic E-state index is 13.1. The molecule has 0 aliphatic carbocycles. The van der Waals surface area contributed by atoms with Gasteiger partial charge in [0, 0.05) is 13.1 Å². The molecule has 0 aromatic heterocycles. The lowest BCUT2D eigenvalue weighted by Gasteiger charge is -2.38. The van der Waals surface area contributed by atoms with E-state index in [0.717, 1.165) is 32.4 Å². The van der Waals surface area contributed by atoms with Crippen LogP contribution in [-0.4, -0.2) is 29.9 Å². The Morgan fingerprint density at radius 1 is 1.30 bits per heavy atom. The summed E-state index contributed by atoms with van der Waals surface area (Å²) in [6.07, 6.45) is 6.10. The number of hydrogen-bond acceptors (Lipinski definition) is 2. The Kier molecular flexibility index (Phi) is 4.40. The van der Waals surface area contributed by atoms with Crippen molar-refractivity contribution < 1.29 is 4.79 Å². The first kappa shape index (κ1) is 16.0. The van der Waals surface area contributed by atoms with Crippen molar-refractivity contribution in [3.05, 3.63) is 60.7 Å².